The fourth-order valence-electron chi connectivity index (χ4n) is 0.925. The number of halogens is 2. The smallest absolute Gasteiger partial charge is 0.119 e. The van der Waals surface area contributed by atoms with Crippen LogP contribution in [0.5, 0.6) is 0 Å². The second-order valence-electron chi connectivity index (χ2n) is 3.77. The summed E-state index contributed by atoms with van der Waals surface area (Å²) in [5.74, 6) is 0. The zero-order valence-corrected chi connectivity index (χ0v) is 10.8. The minimum Gasteiger partial charge on any atom is -0.252 e. The maximum Gasteiger partial charge on any atom is 0.119 e. The molecule has 0 unspecified atom stereocenters. The topological polar surface area (TPSA) is 17.8 Å². The standard InChI is InChI=1S/C8H12Br2N2/c1-5-6(9)7(10)12(11-5)8(2,3)4/h1-4H3. The molecule has 68 valence electrons. The summed E-state index contributed by atoms with van der Waals surface area (Å²) in [7, 11) is 0. The molecule has 0 aliphatic heterocycles. The molecule has 1 aromatic rings. The third-order valence-electron chi connectivity index (χ3n) is 1.57. The highest BCUT2D eigenvalue weighted by molar-refractivity contribution is 9.13. The highest BCUT2D eigenvalue weighted by Gasteiger charge is 2.20. The average Bonchev–Trinajstić information content (AvgIpc) is 2.15. The molecule has 0 atom stereocenters. The summed E-state index contributed by atoms with van der Waals surface area (Å²) < 4.78 is 4.01. The molecule has 12 heavy (non-hydrogen) atoms. The van der Waals surface area contributed by atoms with Gasteiger partial charge < -0.3 is 0 Å². The van der Waals surface area contributed by atoms with Gasteiger partial charge in [-0.3, -0.25) is 4.68 Å². The Bertz CT molecular complexity index is 297. The Hall–Kier alpha value is 0.170. The molecule has 0 bridgehead atoms. The van der Waals surface area contributed by atoms with Gasteiger partial charge in [0.05, 0.1) is 15.7 Å². The van der Waals surface area contributed by atoms with Crippen LogP contribution < -0.4 is 0 Å². The first-order valence-corrected chi connectivity index (χ1v) is 5.33. The first-order chi connectivity index (χ1) is 5.34. The SMILES string of the molecule is Cc1nn(C(C)(C)C)c(Br)c1Br. The molecule has 1 aromatic heterocycles. The number of rotatable bonds is 0. The molecule has 0 amide bonds. The number of hydrogen-bond donors (Lipinski definition) is 0. The van der Waals surface area contributed by atoms with Crippen molar-refractivity contribution in [3.05, 3.63) is 14.8 Å². The maximum atomic E-state index is 4.40. The molecule has 0 saturated heterocycles. The van der Waals surface area contributed by atoms with Crippen LogP contribution in [0.25, 0.3) is 0 Å². The Labute approximate surface area is 89.6 Å². The lowest BCUT2D eigenvalue weighted by atomic mass is 10.1. The van der Waals surface area contributed by atoms with Crippen LogP contribution in [0.4, 0.5) is 0 Å². The van der Waals surface area contributed by atoms with Crippen LogP contribution in [0.1, 0.15) is 26.5 Å². The third-order valence-corrected chi connectivity index (χ3v) is 3.78. The Balaban J connectivity index is 3.28. The van der Waals surface area contributed by atoms with Crippen LogP contribution >= 0.6 is 31.9 Å². The van der Waals surface area contributed by atoms with Crippen molar-refractivity contribution in [2.24, 2.45) is 0 Å². The van der Waals surface area contributed by atoms with Gasteiger partial charge in [-0.25, -0.2) is 0 Å². The van der Waals surface area contributed by atoms with E-state index in [1.54, 1.807) is 0 Å². The van der Waals surface area contributed by atoms with E-state index in [0.29, 0.717) is 0 Å². The zero-order valence-electron chi connectivity index (χ0n) is 7.65. The quantitative estimate of drug-likeness (QED) is 0.717. The van der Waals surface area contributed by atoms with Crippen molar-refractivity contribution in [3.63, 3.8) is 0 Å². The molecule has 0 aromatic carbocycles. The van der Waals surface area contributed by atoms with Gasteiger partial charge in [-0.1, -0.05) is 0 Å². The number of aromatic nitrogens is 2. The van der Waals surface area contributed by atoms with E-state index in [0.717, 1.165) is 14.8 Å². The van der Waals surface area contributed by atoms with E-state index in [2.05, 4.69) is 57.7 Å². The van der Waals surface area contributed by atoms with Crippen LogP contribution in [0.2, 0.25) is 0 Å². The summed E-state index contributed by atoms with van der Waals surface area (Å²) in [6, 6.07) is 0. The van der Waals surface area contributed by atoms with Crippen molar-refractivity contribution in [3.8, 4) is 0 Å². The molecule has 0 saturated carbocycles. The van der Waals surface area contributed by atoms with E-state index in [-0.39, 0.29) is 5.54 Å². The summed E-state index contributed by atoms with van der Waals surface area (Å²) in [6.07, 6.45) is 0. The monoisotopic (exact) mass is 294 g/mol. The van der Waals surface area contributed by atoms with Gasteiger partial charge in [-0.15, -0.1) is 0 Å². The van der Waals surface area contributed by atoms with E-state index in [4.69, 9.17) is 0 Å². The normalized spacial score (nSPS) is 12.2. The predicted molar refractivity (Wildman–Crippen MR) is 57.4 cm³/mol. The summed E-state index contributed by atoms with van der Waals surface area (Å²) in [6.45, 7) is 8.35. The van der Waals surface area contributed by atoms with Crippen molar-refractivity contribution in [1.29, 1.82) is 0 Å². The van der Waals surface area contributed by atoms with Crippen LogP contribution in [-0.4, -0.2) is 9.78 Å². The number of hydrogen-bond acceptors (Lipinski definition) is 1. The van der Waals surface area contributed by atoms with E-state index in [9.17, 15) is 0 Å². The maximum absolute atomic E-state index is 4.40. The van der Waals surface area contributed by atoms with Crippen molar-refractivity contribution in [2.75, 3.05) is 0 Å². The summed E-state index contributed by atoms with van der Waals surface area (Å²) in [5.41, 5.74) is 1.03. The summed E-state index contributed by atoms with van der Waals surface area (Å²) in [5, 5.41) is 4.40. The molecule has 1 heterocycles. The van der Waals surface area contributed by atoms with Crippen molar-refractivity contribution >= 4 is 31.9 Å². The van der Waals surface area contributed by atoms with Gasteiger partial charge >= 0.3 is 0 Å². The fourth-order valence-corrected chi connectivity index (χ4v) is 2.07. The van der Waals surface area contributed by atoms with Gasteiger partial charge in [0.1, 0.15) is 4.60 Å². The molecule has 1 rings (SSSR count). The minimum absolute atomic E-state index is 0.0234. The molecule has 0 N–H and O–H groups in total. The highest BCUT2D eigenvalue weighted by atomic mass is 79.9. The zero-order chi connectivity index (χ0) is 9.52. The molecule has 0 radical (unpaired) electrons. The largest absolute Gasteiger partial charge is 0.252 e. The van der Waals surface area contributed by atoms with Crippen molar-refractivity contribution in [2.45, 2.75) is 33.2 Å². The Morgan fingerprint density at radius 2 is 1.75 bits per heavy atom. The predicted octanol–water partition coefficient (Wildman–Crippen LogP) is 3.47. The van der Waals surface area contributed by atoms with Gasteiger partial charge in [0.25, 0.3) is 0 Å². The summed E-state index contributed by atoms with van der Waals surface area (Å²) >= 11 is 6.95. The second-order valence-corrected chi connectivity index (χ2v) is 5.32. The number of nitrogens with zero attached hydrogens (tertiary/aromatic N) is 2. The molecule has 4 heteroatoms. The van der Waals surface area contributed by atoms with Crippen molar-refractivity contribution in [1.82, 2.24) is 9.78 Å². The Morgan fingerprint density at radius 1 is 1.25 bits per heavy atom. The molecule has 0 aliphatic rings. The van der Waals surface area contributed by atoms with E-state index < -0.39 is 0 Å². The molecule has 0 fully saturated rings. The van der Waals surface area contributed by atoms with Crippen LogP contribution in [-0.2, 0) is 5.54 Å². The molecular formula is C8H12Br2N2. The Morgan fingerprint density at radius 3 is 1.92 bits per heavy atom. The summed E-state index contributed by atoms with van der Waals surface area (Å²) in [4.78, 5) is 0. The molecule has 2 nitrogen and oxygen atoms in total. The fraction of sp³-hybridized carbons (Fsp3) is 0.625. The van der Waals surface area contributed by atoms with Crippen LogP contribution in [0.15, 0.2) is 9.08 Å². The second kappa shape index (κ2) is 3.14. The van der Waals surface area contributed by atoms with Crippen molar-refractivity contribution < 1.29 is 0 Å². The minimum atomic E-state index is 0.0234. The Kier molecular flexibility index (Phi) is 2.69. The average molecular weight is 296 g/mol. The van der Waals surface area contributed by atoms with E-state index in [1.807, 2.05) is 11.6 Å². The lowest BCUT2D eigenvalue weighted by Crippen LogP contribution is -2.23. The molecule has 0 aliphatic carbocycles. The lowest BCUT2D eigenvalue weighted by molar-refractivity contribution is 0.347. The van der Waals surface area contributed by atoms with E-state index in [1.165, 1.54) is 0 Å². The van der Waals surface area contributed by atoms with Gasteiger partial charge in [-0.2, -0.15) is 5.10 Å². The molecular weight excluding hydrogens is 284 g/mol. The molecule has 0 spiro atoms. The first-order valence-electron chi connectivity index (χ1n) is 3.75. The van der Waals surface area contributed by atoms with Gasteiger partial charge in [0.2, 0.25) is 0 Å². The highest BCUT2D eigenvalue weighted by Crippen LogP contribution is 2.30. The first kappa shape index (κ1) is 10.3. The van der Waals surface area contributed by atoms with Gasteiger partial charge in [0.15, 0.2) is 0 Å². The van der Waals surface area contributed by atoms with Gasteiger partial charge in [-0.05, 0) is 59.6 Å². The van der Waals surface area contributed by atoms with Crippen LogP contribution in [0.3, 0.4) is 0 Å². The van der Waals surface area contributed by atoms with Gasteiger partial charge in [0, 0.05) is 0 Å². The third kappa shape index (κ3) is 1.74. The lowest BCUT2D eigenvalue weighted by Gasteiger charge is -2.20. The number of aryl methyl sites for hydroxylation is 1. The van der Waals surface area contributed by atoms with Crippen LogP contribution in [0, 0.1) is 6.92 Å². The van der Waals surface area contributed by atoms with E-state index >= 15 is 0 Å².